The number of amides is 3. The van der Waals surface area contributed by atoms with Crippen LogP contribution in [0.4, 0.5) is 29.3 Å². The number of alkyl halides is 3. The average Bonchev–Trinajstić information content (AvgIpc) is 3.02. The van der Waals surface area contributed by atoms with Crippen molar-refractivity contribution in [2.75, 3.05) is 44.5 Å². The van der Waals surface area contributed by atoms with Gasteiger partial charge in [-0.1, -0.05) is 6.92 Å². The summed E-state index contributed by atoms with van der Waals surface area (Å²) in [7, 11) is -1.02. The summed E-state index contributed by atoms with van der Waals surface area (Å²) in [5.41, 5.74) is -0.506. The number of ether oxygens (including phenoxy) is 2. The summed E-state index contributed by atoms with van der Waals surface area (Å²) in [6.45, 7) is 3.21. The number of aliphatic hydroxyl groups excluding tert-OH is 1. The number of fused-ring (bicyclic) bond motifs is 1. The van der Waals surface area contributed by atoms with Gasteiger partial charge in [0.15, 0.2) is 0 Å². The first-order chi connectivity index (χ1) is 21.6. The van der Waals surface area contributed by atoms with E-state index in [0.717, 1.165) is 24.3 Å². The minimum atomic E-state index is -4.52. The molecule has 3 aromatic carbocycles. The zero-order valence-electron chi connectivity index (χ0n) is 25.5. The van der Waals surface area contributed by atoms with Crippen molar-refractivity contribution in [3.05, 3.63) is 77.9 Å². The summed E-state index contributed by atoms with van der Waals surface area (Å²) in [6.07, 6.45) is -5.24. The lowest BCUT2D eigenvalue weighted by atomic mass is 9.99. The predicted octanol–water partition coefficient (Wildman–Crippen LogP) is 4.90. The highest BCUT2D eigenvalue weighted by molar-refractivity contribution is 7.89. The van der Waals surface area contributed by atoms with E-state index in [9.17, 15) is 36.3 Å². The molecule has 0 aromatic heterocycles. The van der Waals surface area contributed by atoms with Crippen LogP contribution in [-0.4, -0.2) is 80.7 Å². The van der Waals surface area contributed by atoms with Gasteiger partial charge in [0, 0.05) is 30.9 Å². The summed E-state index contributed by atoms with van der Waals surface area (Å²) < 4.78 is 77.8. The average molecular weight is 665 g/mol. The van der Waals surface area contributed by atoms with Crippen LogP contribution < -0.4 is 20.1 Å². The third-order valence-corrected chi connectivity index (χ3v) is 9.44. The zero-order chi connectivity index (χ0) is 33.8. The monoisotopic (exact) mass is 664 g/mol. The summed E-state index contributed by atoms with van der Waals surface area (Å²) >= 11 is 0. The lowest BCUT2D eigenvalue weighted by molar-refractivity contribution is -0.137. The molecule has 248 valence electrons. The van der Waals surface area contributed by atoms with Gasteiger partial charge in [0.25, 0.3) is 5.91 Å². The predicted molar refractivity (Wildman–Crippen MR) is 165 cm³/mol. The van der Waals surface area contributed by atoms with Gasteiger partial charge in [0.05, 0.1) is 42.3 Å². The highest BCUT2D eigenvalue weighted by Gasteiger charge is 2.35. The van der Waals surface area contributed by atoms with Crippen molar-refractivity contribution in [1.82, 2.24) is 9.21 Å². The lowest BCUT2D eigenvalue weighted by Crippen LogP contribution is -2.50. The molecule has 0 spiro atoms. The Balaban J connectivity index is 1.58. The van der Waals surface area contributed by atoms with E-state index in [4.69, 9.17) is 9.47 Å². The molecule has 11 nitrogen and oxygen atoms in total. The van der Waals surface area contributed by atoms with Crippen molar-refractivity contribution in [3.8, 4) is 11.5 Å². The number of nitrogens with one attached hydrogen (secondary N) is 2. The Morgan fingerprint density at radius 1 is 1.09 bits per heavy atom. The molecule has 0 fully saturated rings. The van der Waals surface area contributed by atoms with Gasteiger partial charge in [-0.2, -0.15) is 17.5 Å². The minimum absolute atomic E-state index is 0.0604. The summed E-state index contributed by atoms with van der Waals surface area (Å²) in [5, 5.41) is 14.9. The fraction of sp³-hybridized carbons (Fsp3) is 0.355. The third-order valence-electron chi connectivity index (χ3n) is 7.60. The number of hydrogen-bond donors (Lipinski definition) is 3. The SMILES string of the molecule is COc1ccc(S(=O)(=O)N(C)C[C@H]2Oc3ccc(NC(=O)Nc4ccc(C(F)(F)F)cc4)cc3C(=O)N([C@@H](C)CO)C[C@H]2C)cc1. The minimum Gasteiger partial charge on any atom is -0.497 e. The van der Waals surface area contributed by atoms with Gasteiger partial charge in [-0.3, -0.25) is 4.79 Å². The molecule has 1 heterocycles. The van der Waals surface area contributed by atoms with Crippen molar-refractivity contribution in [2.24, 2.45) is 5.92 Å². The molecule has 3 aromatic rings. The molecule has 0 radical (unpaired) electrons. The van der Waals surface area contributed by atoms with Crippen molar-refractivity contribution >= 4 is 33.3 Å². The van der Waals surface area contributed by atoms with Crippen molar-refractivity contribution in [3.63, 3.8) is 0 Å². The highest BCUT2D eigenvalue weighted by Crippen LogP contribution is 2.32. The fourth-order valence-corrected chi connectivity index (χ4v) is 6.02. The van der Waals surface area contributed by atoms with Crippen LogP contribution in [-0.2, 0) is 16.2 Å². The molecule has 4 rings (SSSR count). The van der Waals surface area contributed by atoms with Crippen molar-refractivity contribution in [1.29, 1.82) is 0 Å². The van der Waals surface area contributed by atoms with Crippen LogP contribution in [0.3, 0.4) is 0 Å². The number of methoxy groups -OCH3 is 1. The molecule has 15 heteroatoms. The molecule has 0 aliphatic carbocycles. The molecule has 1 aliphatic rings. The lowest BCUT2D eigenvalue weighted by Gasteiger charge is -2.38. The summed E-state index contributed by atoms with van der Waals surface area (Å²) in [4.78, 5) is 27.9. The van der Waals surface area contributed by atoms with Crippen LogP contribution in [0.2, 0.25) is 0 Å². The summed E-state index contributed by atoms with van der Waals surface area (Å²) in [5.74, 6) is -0.204. The number of likely N-dealkylation sites (N-methyl/N-ethyl adjacent to an activating group) is 1. The number of nitrogens with zero attached hydrogens (tertiary/aromatic N) is 2. The maximum atomic E-state index is 13.7. The molecule has 46 heavy (non-hydrogen) atoms. The highest BCUT2D eigenvalue weighted by atomic mass is 32.2. The quantitative estimate of drug-likeness (QED) is 0.296. The normalized spacial score (nSPS) is 17.8. The second-order valence-corrected chi connectivity index (χ2v) is 13.0. The Kier molecular flexibility index (Phi) is 10.5. The van der Waals surface area contributed by atoms with Gasteiger partial charge in [0.2, 0.25) is 10.0 Å². The number of hydrogen-bond acceptors (Lipinski definition) is 7. The third kappa shape index (κ3) is 7.89. The maximum Gasteiger partial charge on any atom is 0.416 e. The van der Waals surface area contributed by atoms with E-state index in [-0.39, 0.29) is 53.2 Å². The summed E-state index contributed by atoms with van der Waals surface area (Å²) in [6, 6.07) is 12.8. The number of sulfonamides is 1. The van der Waals surface area contributed by atoms with Crippen LogP contribution >= 0.6 is 0 Å². The molecule has 0 saturated heterocycles. The largest absolute Gasteiger partial charge is 0.497 e. The van der Waals surface area contributed by atoms with E-state index >= 15 is 0 Å². The van der Waals surface area contributed by atoms with E-state index in [1.165, 1.54) is 53.7 Å². The molecule has 0 saturated carbocycles. The Bertz CT molecular complexity index is 1650. The van der Waals surface area contributed by atoms with Gasteiger partial charge in [-0.05, 0) is 73.7 Å². The molecule has 0 bridgehead atoms. The topological polar surface area (TPSA) is 138 Å². The van der Waals surface area contributed by atoms with Gasteiger partial charge >= 0.3 is 12.2 Å². The van der Waals surface area contributed by atoms with Crippen molar-refractivity contribution < 1.29 is 45.8 Å². The van der Waals surface area contributed by atoms with Crippen LogP contribution in [0.5, 0.6) is 11.5 Å². The number of rotatable bonds is 9. The van der Waals surface area contributed by atoms with Gasteiger partial charge in [0.1, 0.15) is 17.6 Å². The number of carbonyl (C=O) groups is 2. The molecular weight excluding hydrogens is 629 g/mol. The van der Waals surface area contributed by atoms with Crippen LogP contribution in [0.25, 0.3) is 0 Å². The van der Waals surface area contributed by atoms with Crippen LogP contribution in [0.15, 0.2) is 71.6 Å². The van der Waals surface area contributed by atoms with E-state index in [2.05, 4.69) is 10.6 Å². The Morgan fingerprint density at radius 2 is 1.70 bits per heavy atom. The van der Waals surface area contributed by atoms with Crippen LogP contribution in [0, 0.1) is 5.92 Å². The van der Waals surface area contributed by atoms with Crippen LogP contribution in [0.1, 0.15) is 29.8 Å². The zero-order valence-corrected chi connectivity index (χ0v) is 26.4. The Morgan fingerprint density at radius 3 is 2.28 bits per heavy atom. The molecule has 3 atom stereocenters. The number of aliphatic hydroxyl groups is 1. The molecule has 1 aliphatic heterocycles. The molecule has 0 unspecified atom stereocenters. The van der Waals surface area contributed by atoms with E-state index in [1.54, 1.807) is 19.1 Å². The smallest absolute Gasteiger partial charge is 0.416 e. The standard InChI is InChI=1S/C31H35F3N4O7S/c1-19-16-38(20(2)18-39)29(40)26-15-23(36-30(41)35-22-7-5-21(6-8-22)31(32,33)34)9-14-27(26)45-28(19)17-37(3)46(42,43)25-12-10-24(44-4)11-13-25/h5-15,19-20,28,39H,16-18H2,1-4H3,(H2,35,36,41)/t19-,20+,28-/m1/s1. The Hall–Kier alpha value is -4.34. The van der Waals surface area contributed by atoms with Crippen molar-refractivity contribution in [2.45, 2.75) is 37.1 Å². The van der Waals surface area contributed by atoms with E-state index in [0.29, 0.717) is 5.75 Å². The number of halogens is 3. The van der Waals surface area contributed by atoms with E-state index in [1.807, 2.05) is 6.92 Å². The number of anilines is 2. The first-order valence-corrected chi connectivity index (χ1v) is 15.7. The second kappa shape index (κ2) is 14.0. The number of carbonyl (C=O) groups excluding carboxylic acids is 2. The Labute approximate surface area is 265 Å². The maximum absolute atomic E-state index is 13.7. The van der Waals surface area contributed by atoms with E-state index < -0.39 is 45.8 Å². The molecular formula is C31H35F3N4O7S. The van der Waals surface area contributed by atoms with Gasteiger partial charge < -0.3 is 30.1 Å². The first kappa shape index (κ1) is 34.5. The molecule has 3 amide bonds. The number of benzene rings is 3. The van der Waals surface area contributed by atoms with Gasteiger partial charge in [-0.25, -0.2) is 13.2 Å². The second-order valence-electron chi connectivity index (χ2n) is 10.9. The molecule has 3 N–H and O–H groups in total. The van der Waals surface area contributed by atoms with Gasteiger partial charge in [-0.15, -0.1) is 0 Å². The fourth-order valence-electron chi connectivity index (χ4n) is 4.83. The number of urea groups is 1. The first-order valence-electron chi connectivity index (χ1n) is 14.2.